The molecule has 2 amide bonds. The van der Waals surface area contributed by atoms with Crippen LogP contribution in [0, 0.1) is 0 Å². The molecule has 0 bridgehead atoms. The van der Waals surface area contributed by atoms with E-state index < -0.39 is 28.5 Å². The lowest BCUT2D eigenvalue weighted by molar-refractivity contribution is -0.138. The Morgan fingerprint density at radius 3 is 2.14 bits per heavy atom. The zero-order chi connectivity index (χ0) is 26.8. The molecule has 1 atom stereocenters. The number of carbonyl (C=O) groups excluding carboxylic acids is 2. The first-order valence-electron chi connectivity index (χ1n) is 12.2. The maximum absolute atomic E-state index is 13.8. The lowest BCUT2D eigenvalue weighted by atomic mass is 10.1. The predicted octanol–water partition coefficient (Wildman–Crippen LogP) is 4.52. The van der Waals surface area contributed by atoms with E-state index >= 15 is 0 Å². The highest BCUT2D eigenvalue weighted by Crippen LogP contribution is 2.30. The molecule has 0 spiro atoms. The molecule has 0 fully saturated rings. The van der Waals surface area contributed by atoms with E-state index in [1.165, 1.54) is 17.0 Å². The number of halogens is 1. The van der Waals surface area contributed by atoms with Crippen LogP contribution in [-0.2, 0) is 26.0 Å². The Morgan fingerprint density at radius 1 is 0.919 bits per heavy atom. The van der Waals surface area contributed by atoms with Crippen molar-refractivity contribution in [2.24, 2.45) is 0 Å². The molecule has 7 nitrogen and oxygen atoms in total. The monoisotopic (exact) mass is 541 g/mol. The summed E-state index contributed by atoms with van der Waals surface area (Å²) >= 11 is 6.39. The maximum Gasteiger partial charge on any atom is 0.264 e. The largest absolute Gasteiger partial charge is 0.354 e. The van der Waals surface area contributed by atoms with Gasteiger partial charge >= 0.3 is 0 Å². The fourth-order valence-electron chi connectivity index (χ4n) is 3.85. The van der Waals surface area contributed by atoms with Crippen molar-refractivity contribution >= 4 is 39.1 Å². The van der Waals surface area contributed by atoms with Gasteiger partial charge in [-0.3, -0.25) is 13.9 Å². The van der Waals surface area contributed by atoms with Gasteiger partial charge in [0.15, 0.2) is 0 Å². The lowest BCUT2D eigenvalue weighted by Gasteiger charge is -2.32. The first-order valence-corrected chi connectivity index (χ1v) is 14.0. The average molecular weight is 542 g/mol. The summed E-state index contributed by atoms with van der Waals surface area (Å²) in [7, 11) is -4.13. The minimum Gasteiger partial charge on any atom is -0.354 e. The van der Waals surface area contributed by atoms with E-state index in [0.29, 0.717) is 13.0 Å². The summed E-state index contributed by atoms with van der Waals surface area (Å²) in [6, 6.07) is 23.2. The summed E-state index contributed by atoms with van der Waals surface area (Å²) in [6.07, 6.45) is 1.27. The fourth-order valence-corrected chi connectivity index (χ4v) is 5.59. The van der Waals surface area contributed by atoms with Gasteiger partial charge in [-0.25, -0.2) is 8.42 Å². The molecule has 0 heterocycles. The number of carbonyl (C=O) groups is 2. The van der Waals surface area contributed by atoms with Gasteiger partial charge in [0.05, 0.1) is 15.6 Å². The molecular formula is C28H32ClN3O4S. The maximum atomic E-state index is 13.8. The van der Waals surface area contributed by atoms with E-state index in [9.17, 15) is 18.0 Å². The van der Waals surface area contributed by atoms with Crippen molar-refractivity contribution in [3.8, 4) is 0 Å². The van der Waals surface area contributed by atoms with E-state index in [-0.39, 0.29) is 28.1 Å². The molecule has 0 aliphatic heterocycles. The molecule has 9 heteroatoms. The minimum atomic E-state index is -4.13. The van der Waals surface area contributed by atoms with Crippen LogP contribution in [0.3, 0.4) is 0 Å². The molecule has 1 N–H and O–H groups in total. The van der Waals surface area contributed by atoms with E-state index in [0.717, 1.165) is 16.3 Å². The molecule has 37 heavy (non-hydrogen) atoms. The Labute approximate surface area is 224 Å². The van der Waals surface area contributed by atoms with Crippen molar-refractivity contribution in [2.75, 3.05) is 23.9 Å². The number of hydrogen-bond acceptors (Lipinski definition) is 4. The number of rotatable bonds is 12. The number of benzene rings is 3. The smallest absolute Gasteiger partial charge is 0.264 e. The Kier molecular flexibility index (Phi) is 10.1. The topological polar surface area (TPSA) is 86.8 Å². The number of nitrogens with zero attached hydrogens (tertiary/aromatic N) is 2. The molecule has 0 radical (unpaired) electrons. The Balaban J connectivity index is 1.96. The Morgan fingerprint density at radius 2 is 1.51 bits per heavy atom. The number of anilines is 1. The average Bonchev–Trinajstić information content (AvgIpc) is 2.91. The molecule has 3 aromatic carbocycles. The molecular weight excluding hydrogens is 510 g/mol. The highest BCUT2D eigenvalue weighted by atomic mass is 35.5. The van der Waals surface area contributed by atoms with Crippen LogP contribution in [0.25, 0.3) is 0 Å². The third-order valence-electron chi connectivity index (χ3n) is 5.93. The van der Waals surface area contributed by atoms with Crippen molar-refractivity contribution in [1.82, 2.24) is 10.2 Å². The SMILES string of the molecule is CCCNC(=O)[C@H](C)N(CCc1ccccc1)C(=O)CN(c1ccccc1Cl)S(=O)(=O)c1ccccc1. The van der Waals surface area contributed by atoms with Crippen LogP contribution in [0.5, 0.6) is 0 Å². The summed E-state index contributed by atoms with van der Waals surface area (Å²) in [4.78, 5) is 28.1. The van der Waals surface area contributed by atoms with Gasteiger partial charge in [0.25, 0.3) is 10.0 Å². The zero-order valence-corrected chi connectivity index (χ0v) is 22.6. The summed E-state index contributed by atoms with van der Waals surface area (Å²) in [5.74, 6) is -0.798. The first-order chi connectivity index (χ1) is 17.8. The molecule has 0 aromatic heterocycles. The van der Waals surface area contributed by atoms with Gasteiger partial charge in [-0.2, -0.15) is 0 Å². The second kappa shape index (κ2) is 13.3. The van der Waals surface area contributed by atoms with Gasteiger partial charge in [0.1, 0.15) is 12.6 Å². The molecule has 0 unspecified atom stereocenters. The minimum absolute atomic E-state index is 0.0345. The van der Waals surface area contributed by atoms with Crippen LogP contribution in [0.4, 0.5) is 5.69 Å². The lowest BCUT2D eigenvalue weighted by Crippen LogP contribution is -2.52. The number of sulfonamides is 1. The normalized spacial score (nSPS) is 12.0. The van der Waals surface area contributed by atoms with E-state index in [2.05, 4.69) is 5.32 Å². The highest BCUT2D eigenvalue weighted by Gasteiger charge is 2.33. The second-order valence-corrected chi connectivity index (χ2v) is 10.8. The third-order valence-corrected chi connectivity index (χ3v) is 8.03. The van der Waals surface area contributed by atoms with Gasteiger partial charge in [-0.05, 0) is 49.6 Å². The summed E-state index contributed by atoms with van der Waals surface area (Å²) < 4.78 is 28.4. The second-order valence-electron chi connectivity index (χ2n) is 8.57. The third kappa shape index (κ3) is 7.33. The molecule has 3 rings (SSSR count). The number of amides is 2. The molecule has 0 aliphatic rings. The molecule has 0 saturated heterocycles. The van der Waals surface area contributed by atoms with Gasteiger partial charge in [0.2, 0.25) is 11.8 Å². The Hall–Kier alpha value is -3.36. The van der Waals surface area contributed by atoms with E-state index in [1.807, 2.05) is 37.3 Å². The van der Waals surface area contributed by atoms with Gasteiger partial charge < -0.3 is 10.2 Å². The summed E-state index contributed by atoms with van der Waals surface area (Å²) in [5.41, 5.74) is 1.19. The van der Waals surface area contributed by atoms with Crippen molar-refractivity contribution in [3.05, 3.63) is 95.5 Å². The molecule has 3 aromatic rings. The van der Waals surface area contributed by atoms with Gasteiger partial charge in [0, 0.05) is 13.1 Å². The molecule has 196 valence electrons. The van der Waals surface area contributed by atoms with Crippen LogP contribution in [0.1, 0.15) is 25.8 Å². The van der Waals surface area contributed by atoms with Crippen molar-refractivity contribution in [3.63, 3.8) is 0 Å². The van der Waals surface area contributed by atoms with Crippen LogP contribution >= 0.6 is 11.6 Å². The van der Waals surface area contributed by atoms with Crippen LogP contribution in [-0.4, -0.2) is 50.8 Å². The van der Waals surface area contributed by atoms with Crippen molar-refractivity contribution in [2.45, 2.75) is 37.6 Å². The number of para-hydroxylation sites is 1. The first kappa shape index (κ1) is 28.2. The van der Waals surface area contributed by atoms with Gasteiger partial charge in [-0.1, -0.05) is 79.2 Å². The van der Waals surface area contributed by atoms with Crippen LogP contribution < -0.4 is 9.62 Å². The van der Waals surface area contributed by atoms with Crippen molar-refractivity contribution < 1.29 is 18.0 Å². The number of hydrogen-bond donors (Lipinski definition) is 1. The molecule has 0 aliphatic carbocycles. The fraction of sp³-hybridized carbons (Fsp3) is 0.286. The predicted molar refractivity (Wildman–Crippen MR) is 147 cm³/mol. The highest BCUT2D eigenvalue weighted by molar-refractivity contribution is 7.92. The Bertz CT molecular complexity index is 1290. The standard InChI is InChI=1S/C28H32ClN3O4S/c1-3-19-30-28(34)22(2)31(20-18-23-12-6-4-7-13-23)27(33)21-32(26-17-11-10-16-25(26)29)37(35,36)24-14-8-5-9-15-24/h4-17,22H,3,18-21H2,1-2H3,(H,30,34)/t22-/m0/s1. The van der Waals surface area contributed by atoms with E-state index in [1.54, 1.807) is 49.4 Å². The van der Waals surface area contributed by atoms with E-state index in [4.69, 9.17) is 11.6 Å². The molecule has 0 saturated carbocycles. The van der Waals surface area contributed by atoms with Crippen LogP contribution in [0.2, 0.25) is 5.02 Å². The summed E-state index contributed by atoms with van der Waals surface area (Å²) in [5, 5.41) is 3.02. The van der Waals surface area contributed by atoms with Crippen molar-refractivity contribution in [1.29, 1.82) is 0 Å². The van der Waals surface area contributed by atoms with Crippen LogP contribution in [0.15, 0.2) is 89.8 Å². The zero-order valence-electron chi connectivity index (χ0n) is 21.0. The van der Waals surface area contributed by atoms with Gasteiger partial charge in [-0.15, -0.1) is 0 Å². The quantitative estimate of drug-likeness (QED) is 0.365. The summed E-state index contributed by atoms with van der Waals surface area (Å²) in [6.45, 7) is 3.81. The number of nitrogens with one attached hydrogen (secondary N) is 1.